The van der Waals surface area contributed by atoms with Crippen LogP contribution in [0.2, 0.25) is 0 Å². The minimum absolute atomic E-state index is 0.0359. The summed E-state index contributed by atoms with van der Waals surface area (Å²) in [6.45, 7) is 2.89. The molecule has 2 unspecified atom stereocenters. The molecule has 2 rings (SSSR count). The second-order valence-electron chi connectivity index (χ2n) is 5.47. The third kappa shape index (κ3) is 3.10. The summed E-state index contributed by atoms with van der Waals surface area (Å²) >= 11 is 3.45. The van der Waals surface area contributed by atoms with Crippen LogP contribution in [0, 0.1) is 17.2 Å². The first-order valence-electron chi connectivity index (χ1n) is 6.78. The largest absolute Gasteiger partial charge is 0.378 e. The van der Waals surface area contributed by atoms with Crippen molar-refractivity contribution >= 4 is 21.6 Å². The van der Waals surface area contributed by atoms with Gasteiger partial charge in [0, 0.05) is 16.7 Å². The fourth-order valence-electron chi connectivity index (χ4n) is 2.97. The van der Waals surface area contributed by atoms with Crippen molar-refractivity contribution in [3.05, 3.63) is 28.2 Å². The van der Waals surface area contributed by atoms with Gasteiger partial charge in [-0.05, 0) is 37.0 Å². The van der Waals surface area contributed by atoms with Crippen LogP contribution in [0.4, 0.5) is 5.69 Å². The van der Waals surface area contributed by atoms with Crippen LogP contribution in [0.1, 0.15) is 38.2 Å². The number of halogens is 1. The lowest BCUT2D eigenvalue weighted by Gasteiger charge is -2.43. The maximum absolute atomic E-state index is 9.04. The molecule has 2 atom stereocenters. The van der Waals surface area contributed by atoms with E-state index in [1.807, 2.05) is 18.2 Å². The van der Waals surface area contributed by atoms with Crippen molar-refractivity contribution in [1.82, 2.24) is 0 Å². The molecule has 0 spiro atoms. The molecule has 0 bridgehead atoms. The summed E-state index contributed by atoms with van der Waals surface area (Å²) in [6.07, 6.45) is 4.81. The number of benzene rings is 1. The van der Waals surface area contributed by atoms with Gasteiger partial charge in [0.05, 0.1) is 17.2 Å². The fraction of sp³-hybridized carbons (Fsp3) is 0.533. The van der Waals surface area contributed by atoms with E-state index in [-0.39, 0.29) is 5.54 Å². The van der Waals surface area contributed by atoms with Crippen molar-refractivity contribution in [2.75, 3.05) is 11.9 Å². The lowest BCUT2D eigenvalue weighted by atomic mass is 9.73. The molecule has 0 saturated heterocycles. The highest BCUT2D eigenvalue weighted by atomic mass is 79.9. The molecule has 1 aliphatic rings. The van der Waals surface area contributed by atoms with E-state index >= 15 is 0 Å². The summed E-state index contributed by atoms with van der Waals surface area (Å²) in [5.74, 6) is 0.552. The average Bonchev–Trinajstić information content (AvgIpc) is 2.41. The van der Waals surface area contributed by atoms with Crippen LogP contribution in [-0.4, -0.2) is 12.1 Å². The Kier molecular flexibility index (Phi) is 4.49. The molecule has 1 aliphatic carbocycles. The van der Waals surface area contributed by atoms with Gasteiger partial charge >= 0.3 is 0 Å². The van der Waals surface area contributed by atoms with E-state index in [1.54, 1.807) is 0 Å². The van der Waals surface area contributed by atoms with Crippen LogP contribution in [0.3, 0.4) is 0 Å². The van der Waals surface area contributed by atoms with Crippen molar-refractivity contribution in [1.29, 1.82) is 5.26 Å². The predicted molar refractivity (Wildman–Crippen MR) is 81.9 cm³/mol. The van der Waals surface area contributed by atoms with Gasteiger partial charge in [0.15, 0.2) is 0 Å². The lowest BCUT2D eigenvalue weighted by Crippen LogP contribution is -2.52. The van der Waals surface area contributed by atoms with Crippen LogP contribution in [0.5, 0.6) is 0 Å². The number of nitrogens with zero attached hydrogens (tertiary/aromatic N) is 1. The molecule has 0 amide bonds. The molecule has 0 radical (unpaired) electrons. The Hall–Kier alpha value is -1.05. The molecular formula is C15H20BrN3. The Morgan fingerprint density at radius 1 is 1.47 bits per heavy atom. The molecule has 102 valence electrons. The first-order valence-corrected chi connectivity index (χ1v) is 7.58. The van der Waals surface area contributed by atoms with E-state index in [1.165, 1.54) is 19.3 Å². The van der Waals surface area contributed by atoms with Gasteiger partial charge < -0.3 is 11.1 Å². The monoisotopic (exact) mass is 321 g/mol. The smallest absolute Gasteiger partial charge is 0.0992 e. The van der Waals surface area contributed by atoms with Crippen molar-refractivity contribution in [2.45, 2.75) is 38.1 Å². The van der Waals surface area contributed by atoms with Crippen LogP contribution in [-0.2, 0) is 0 Å². The molecule has 1 saturated carbocycles. The molecule has 3 nitrogen and oxygen atoms in total. The Morgan fingerprint density at radius 2 is 2.26 bits per heavy atom. The molecule has 0 aromatic heterocycles. The topological polar surface area (TPSA) is 61.8 Å². The number of nitriles is 1. The summed E-state index contributed by atoms with van der Waals surface area (Å²) in [5.41, 5.74) is 7.65. The zero-order valence-electron chi connectivity index (χ0n) is 11.2. The normalized spacial score (nSPS) is 26.7. The quantitative estimate of drug-likeness (QED) is 0.893. The van der Waals surface area contributed by atoms with Crippen molar-refractivity contribution in [3.8, 4) is 6.07 Å². The van der Waals surface area contributed by atoms with Gasteiger partial charge in [-0.2, -0.15) is 5.26 Å². The Morgan fingerprint density at radius 3 is 2.89 bits per heavy atom. The SMILES string of the molecule is CC1CCCCC1(CN)Nc1cc(Br)cc(C#N)c1. The van der Waals surface area contributed by atoms with Crippen molar-refractivity contribution in [2.24, 2.45) is 11.7 Å². The fourth-order valence-corrected chi connectivity index (χ4v) is 3.46. The maximum atomic E-state index is 9.04. The summed E-state index contributed by atoms with van der Waals surface area (Å²) in [6, 6.07) is 7.92. The number of hydrogen-bond acceptors (Lipinski definition) is 3. The van der Waals surface area contributed by atoms with Crippen molar-refractivity contribution < 1.29 is 0 Å². The second kappa shape index (κ2) is 5.94. The van der Waals surface area contributed by atoms with Crippen LogP contribution in [0.25, 0.3) is 0 Å². The molecule has 3 N–H and O–H groups in total. The summed E-state index contributed by atoms with van der Waals surface area (Å²) in [7, 11) is 0. The van der Waals surface area contributed by atoms with Gasteiger partial charge in [-0.15, -0.1) is 0 Å². The van der Waals surface area contributed by atoms with E-state index in [0.29, 0.717) is 18.0 Å². The molecule has 0 heterocycles. The van der Waals surface area contributed by atoms with Gasteiger partial charge in [0.25, 0.3) is 0 Å². The van der Waals surface area contributed by atoms with E-state index in [4.69, 9.17) is 11.0 Å². The number of hydrogen-bond donors (Lipinski definition) is 2. The summed E-state index contributed by atoms with van der Waals surface area (Å²) in [5, 5.41) is 12.6. The first-order chi connectivity index (χ1) is 9.09. The third-order valence-corrected chi connectivity index (χ3v) is 4.70. The third-order valence-electron chi connectivity index (χ3n) is 4.24. The summed E-state index contributed by atoms with van der Waals surface area (Å²) < 4.78 is 0.921. The second-order valence-corrected chi connectivity index (χ2v) is 6.39. The Balaban J connectivity index is 2.27. The standard InChI is InChI=1S/C15H20BrN3/c1-11-4-2-3-5-15(11,10-18)19-14-7-12(9-17)6-13(16)8-14/h6-8,11,19H,2-5,10,18H2,1H3. The number of nitrogens with one attached hydrogen (secondary N) is 1. The number of nitrogens with two attached hydrogens (primary N) is 1. The van der Waals surface area contributed by atoms with E-state index in [0.717, 1.165) is 16.6 Å². The maximum Gasteiger partial charge on any atom is 0.0992 e. The van der Waals surface area contributed by atoms with Crippen LogP contribution < -0.4 is 11.1 Å². The molecule has 1 fully saturated rings. The molecule has 19 heavy (non-hydrogen) atoms. The lowest BCUT2D eigenvalue weighted by molar-refractivity contribution is 0.235. The van der Waals surface area contributed by atoms with Gasteiger partial charge in [-0.1, -0.05) is 35.7 Å². The Bertz CT molecular complexity index is 495. The predicted octanol–water partition coefficient (Wildman–Crippen LogP) is 3.64. The zero-order chi connectivity index (χ0) is 13.9. The van der Waals surface area contributed by atoms with Gasteiger partial charge in [0.1, 0.15) is 0 Å². The minimum atomic E-state index is -0.0359. The molecule has 1 aromatic rings. The highest BCUT2D eigenvalue weighted by Crippen LogP contribution is 2.36. The highest BCUT2D eigenvalue weighted by Gasteiger charge is 2.36. The van der Waals surface area contributed by atoms with Crippen LogP contribution in [0.15, 0.2) is 22.7 Å². The highest BCUT2D eigenvalue weighted by molar-refractivity contribution is 9.10. The Labute approximate surface area is 123 Å². The molecule has 1 aromatic carbocycles. The average molecular weight is 322 g/mol. The zero-order valence-corrected chi connectivity index (χ0v) is 12.8. The van der Waals surface area contributed by atoms with Crippen LogP contribution >= 0.6 is 15.9 Å². The molecular weight excluding hydrogens is 302 g/mol. The van der Waals surface area contributed by atoms with E-state index < -0.39 is 0 Å². The van der Waals surface area contributed by atoms with Gasteiger partial charge in [-0.25, -0.2) is 0 Å². The van der Waals surface area contributed by atoms with E-state index in [9.17, 15) is 0 Å². The minimum Gasteiger partial charge on any atom is -0.378 e. The van der Waals surface area contributed by atoms with E-state index in [2.05, 4.69) is 34.2 Å². The first kappa shape index (κ1) is 14.4. The molecule has 0 aliphatic heterocycles. The summed E-state index contributed by atoms with van der Waals surface area (Å²) in [4.78, 5) is 0. The van der Waals surface area contributed by atoms with Gasteiger partial charge in [0.2, 0.25) is 0 Å². The van der Waals surface area contributed by atoms with Crippen molar-refractivity contribution in [3.63, 3.8) is 0 Å². The number of rotatable bonds is 3. The van der Waals surface area contributed by atoms with Gasteiger partial charge in [-0.3, -0.25) is 0 Å². The number of anilines is 1. The molecule has 4 heteroatoms.